The van der Waals surface area contributed by atoms with Crippen LogP contribution in [0.15, 0.2) is 60.7 Å². The lowest BCUT2D eigenvalue weighted by Crippen LogP contribution is -2.39. The predicted molar refractivity (Wildman–Crippen MR) is 94.3 cm³/mol. The molecule has 2 aromatic rings. The number of anilines is 1. The number of carbonyl (C=O) groups excluding carboxylic acids is 1. The van der Waals surface area contributed by atoms with Crippen molar-refractivity contribution >= 4 is 24.0 Å². The Bertz CT molecular complexity index is 574. The lowest BCUT2D eigenvalue weighted by Gasteiger charge is -2.27. The van der Waals surface area contributed by atoms with Gasteiger partial charge >= 0.3 is 0 Å². The fraction of sp³-hybridized carbons (Fsp3) is 0.278. The molecule has 0 aliphatic rings. The molecule has 2 atom stereocenters. The number of rotatable bonds is 5. The van der Waals surface area contributed by atoms with Gasteiger partial charge in [0, 0.05) is 18.3 Å². The Labute approximate surface area is 138 Å². The van der Waals surface area contributed by atoms with Crippen LogP contribution in [0, 0.1) is 5.92 Å². The van der Waals surface area contributed by atoms with Crippen LogP contribution in [0.5, 0.6) is 0 Å². The second-order valence-electron chi connectivity index (χ2n) is 5.14. The van der Waals surface area contributed by atoms with Gasteiger partial charge < -0.3 is 10.6 Å². The van der Waals surface area contributed by atoms with Crippen molar-refractivity contribution in [3.63, 3.8) is 0 Å². The molecule has 0 heterocycles. The average molecular weight is 319 g/mol. The van der Waals surface area contributed by atoms with E-state index >= 15 is 0 Å². The Morgan fingerprint density at radius 3 is 2.05 bits per heavy atom. The standard InChI is InChI=1S/C18H22N2O.ClH/c1-3-20(16-12-8-5-9-13-16)18(21)14(2)17(19)15-10-6-4-7-11-15;/h4-14,17H,3,19H2,1-2H3;1H. The van der Waals surface area contributed by atoms with E-state index in [0.29, 0.717) is 6.54 Å². The molecule has 2 aromatic carbocycles. The van der Waals surface area contributed by atoms with Crippen LogP contribution in [0.2, 0.25) is 0 Å². The maximum absolute atomic E-state index is 12.7. The van der Waals surface area contributed by atoms with Gasteiger partial charge in [0.05, 0.1) is 5.92 Å². The van der Waals surface area contributed by atoms with Gasteiger partial charge in [0.15, 0.2) is 0 Å². The zero-order valence-corrected chi connectivity index (χ0v) is 13.8. The molecule has 2 N–H and O–H groups in total. The lowest BCUT2D eigenvalue weighted by molar-refractivity contribution is -0.122. The number of benzene rings is 2. The highest BCUT2D eigenvalue weighted by Crippen LogP contribution is 2.23. The largest absolute Gasteiger partial charge is 0.323 e. The molecule has 0 fully saturated rings. The number of para-hydroxylation sites is 1. The zero-order valence-electron chi connectivity index (χ0n) is 13.0. The number of carbonyl (C=O) groups is 1. The summed E-state index contributed by atoms with van der Waals surface area (Å²) >= 11 is 0. The van der Waals surface area contributed by atoms with Gasteiger partial charge in [-0.3, -0.25) is 4.79 Å². The molecule has 0 saturated heterocycles. The maximum Gasteiger partial charge on any atom is 0.231 e. The summed E-state index contributed by atoms with van der Waals surface area (Å²) in [5, 5.41) is 0. The van der Waals surface area contributed by atoms with Crippen molar-refractivity contribution in [1.82, 2.24) is 0 Å². The molecule has 4 heteroatoms. The first-order chi connectivity index (χ1) is 10.1. The van der Waals surface area contributed by atoms with Gasteiger partial charge in [-0.15, -0.1) is 12.4 Å². The van der Waals surface area contributed by atoms with E-state index in [1.807, 2.05) is 74.5 Å². The highest BCUT2D eigenvalue weighted by atomic mass is 35.5. The Morgan fingerprint density at radius 2 is 1.55 bits per heavy atom. The van der Waals surface area contributed by atoms with E-state index in [1.54, 1.807) is 4.90 Å². The molecule has 0 aliphatic heterocycles. The van der Waals surface area contributed by atoms with Crippen molar-refractivity contribution in [2.24, 2.45) is 11.7 Å². The lowest BCUT2D eigenvalue weighted by atomic mass is 9.94. The molecule has 118 valence electrons. The SMILES string of the molecule is CCN(C(=O)C(C)C(N)c1ccccc1)c1ccccc1.Cl. The summed E-state index contributed by atoms with van der Waals surface area (Å²) in [6.45, 7) is 4.51. The highest BCUT2D eigenvalue weighted by molar-refractivity contribution is 5.95. The Morgan fingerprint density at radius 1 is 1.05 bits per heavy atom. The molecule has 0 bridgehead atoms. The molecule has 2 unspecified atom stereocenters. The van der Waals surface area contributed by atoms with Crippen LogP contribution in [-0.4, -0.2) is 12.5 Å². The summed E-state index contributed by atoms with van der Waals surface area (Å²) in [5.74, 6) is -0.215. The van der Waals surface area contributed by atoms with Crippen molar-refractivity contribution in [3.05, 3.63) is 66.2 Å². The van der Waals surface area contributed by atoms with Gasteiger partial charge in [-0.05, 0) is 24.6 Å². The van der Waals surface area contributed by atoms with E-state index in [2.05, 4.69) is 0 Å². The Hall–Kier alpha value is -1.84. The molecule has 2 rings (SSSR count). The van der Waals surface area contributed by atoms with E-state index in [4.69, 9.17) is 5.73 Å². The van der Waals surface area contributed by atoms with Crippen molar-refractivity contribution in [3.8, 4) is 0 Å². The van der Waals surface area contributed by atoms with Gasteiger partial charge in [0.25, 0.3) is 0 Å². The third-order valence-corrected chi connectivity index (χ3v) is 3.76. The van der Waals surface area contributed by atoms with Crippen molar-refractivity contribution in [2.45, 2.75) is 19.9 Å². The molecule has 0 aliphatic carbocycles. The number of amides is 1. The van der Waals surface area contributed by atoms with Crippen molar-refractivity contribution < 1.29 is 4.79 Å². The fourth-order valence-corrected chi connectivity index (χ4v) is 2.44. The van der Waals surface area contributed by atoms with E-state index in [9.17, 15) is 4.79 Å². The van der Waals surface area contributed by atoms with Crippen LogP contribution in [0.1, 0.15) is 25.5 Å². The number of nitrogens with two attached hydrogens (primary N) is 1. The zero-order chi connectivity index (χ0) is 15.2. The molecule has 0 aromatic heterocycles. The minimum Gasteiger partial charge on any atom is -0.323 e. The minimum absolute atomic E-state index is 0. The topological polar surface area (TPSA) is 46.3 Å². The maximum atomic E-state index is 12.7. The summed E-state index contributed by atoms with van der Waals surface area (Å²) in [4.78, 5) is 14.5. The molecule has 22 heavy (non-hydrogen) atoms. The highest BCUT2D eigenvalue weighted by Gasteiger charge is 2.26. The van der Waals surface area contributed by atoms with E-state index in [0.717, 1.165) is 11.3 Å². The van der Waals surface area contributed by atoms with Crippen LogP contribution in [0.25, 0.3) is 0 Å². The monoisotopic (exact) mass is 318 g/mol. The van der Waals surface area contributed by atoms with Crippen molar-refractivity contribution in [2.75, 3.05) is 11.4 Å². The molecule has 0 saturated carbocycles. The summed E-state index contributed by atoms with van der Waals surface area (Å²) in [6, 6.07) is 19.2. The quantitative estimate of drug-likeness (QED) is 0.911. The normalized spacial score (nSPS) is 12.9. The van der Waals surface area contributed by atoms with E-state index < -0.39 is 0 Å². The van der Waals surface area contributed by atoms with Gasteiger partial charge in [0.2, 0.25) is 5.91 Å². The number of halogens is 1. The third-order valence-electron chi connectivity index (χ3n) is 3.76. The summed E-state index contributed by atoms with van der Waals surface area (Å²) < 4.78 is 0. The summed E-state index contributed by atoms with van der Waals surface area (Å²) in [6.07, 6.45) is 0. The van der Waals surface area contributed by atoms with Crippen LogP contribution in [0.3, 0.4) is 0 Å². The van der Waals surface area contributed by atoms with Crippen LogP contribution < -0.4 is 10.6 Å². The van der Waals surface area contributed by atoms with Crippen LogP contribution in [-0.2, 0) is 4.79 Å². The molecular formula is C18H23ClN2O. The average Bonchev–Trinajstić information content (AvgIpc) is 2.56. The fourth-order valence-electron chi connectivity index (χ4n) is 2.44. The Kier molecular flexibility index (Phi) is 7.09. The van der Waals surface area contributed by atoms with Gasteiger partial charge in [-0.25, -0.2) is 0 Å². The number of hydrogen-bond donors (Lipinski definition) is 1. The first kappa shape index (κ1) is 18.2. The second-order valence-corrected chi connectivity index (χ2v) is 5.14. The van der Waals surface area contributed by atoms with E-state index in [-0.39, 0.29) is 30.3 Å². The summed E-state index contributed by atoms with van der Waals surface area (Å²) in [5.41, 5.74) is 8.16. The van der Waals surface area contributed by atoms with Gasteiger partial charge in [-0.2, -0.15) is 0 Å². The first-order valence-electron chi connectivity index (χ1n) is 7.32. The van der Waals surface area contributed by atoms with Gasteiger partial charge in [-0.1, -0.05) is 55.5 Å². The third kappa shape index (κ3) is 4.09. The smallest absolute Gasteiger partial charge is 0.231 e. The predicted octanol–water partition coefficient (Wildman–Crippen LogP) is 3.80. The minimum atomic E-state index is -0.295. The van der Waals surface area contributed by atoms with E-state index in [1.165, 1.54) is 0 Å². The molecule has 0 radical (unpaired) electrons. The van der Waals surface area contributed by atoms with Gasteiger partial charge in [0.1, 0.15) is 0 Å². The number of hydrogen-bond acceptors (Lipinski definition) is 2. The van der Waals surface area contributed by atoms with Crippen molar-refractivity contribution in [1.29, 1.82) is 0 Å². The molecule has 3 nitrogen and oxygen atoms in total. The Balaban J connectivity index is 0.00000242. The number of nitrogens with zero attached hydrogens (tertiary/aromatic N) is 1. The molecular weight excluding hydrogens is 296 g/mol. The first-order valence-corrected chi connectivity index (χ1v) is 7.32. The second kappa shape index (κ2) is 8.57. The molecule has 0 spiro atoms. The van der Waals surface area contributed by atoms with Crippen LogP contribution in [0.4, 0.5) is 5.69 Å². The van der Waals surface area contributed by atoms with Crippen LogP contribution >= 0.6 is 12.4 Å². The molecule has 1 amide bonds. The summed E-state index contributed by atoms with van der Waals surface area (Å²) in [7, 11) is 0.